The highest BCUT2D eigenvalue weighted by atomic mass is 35.5. The first-order valence-corrected chi connectivity index (χ1v) is 7.08. The van der Waals surface area contributed by atoms with Gasteiger partial charge in [-0.25, -0.2) is 0 Å². The lowest BCUT2D eigenvalue weighted by Crippen LogP contribution is -1.89. The van der Waals surface area contributed by atoms with Gasteiger partial charge < -0.3 is 5.11 Å². The minimum absolute atomic E-state index is 0.111. The Balaban J connectivity index is 2.40. The van der Waals surface area contributed by atoms with Crippen LogP contribution in [-0.2, 0) is 6.61 Å². The van der Waals surface area contributed by atoms with Crippen molar-refractivity contribution in [2.75, 3.05) is 0 Å². The Morgan fingerprint density at radius 1 is 0.944 bits per heavy atom. The molecule has 0 aromatic heterocycles. The zero-order valence-electron chi connectivity index (χ0n) is 9.16. The number of rotatable bonds is 3. The van der Waals surface area contributed by atoms with E-state index in [1.807, 2.05) is 12.1 Å². The van der Waals surface area contributed by atoms with E-state index in [1.54, 1.807) is 24.3 Å². The summed E-state index contributed by atoms with van der Waals surface area (Å²) in [4.78, 5) is 1.70. The molecular weight excluding hydrogens is 311 g/mol. The fourth-order valence-corrected chi connectivity index (χ4v) is 3.25. The summed E-state index contributed by atoms with van der Waals surface area (Å²) in [5.74, 6) is 0. The van der Waals surface area contributed by atoms with Crippen molar-refractivity contribution in [3.05, 3.63) is 57.0 Å². The summed E-state index contributed by atoms with van der Waals surface area (Å²) < 4.78 is 0. The van der Waals surface area contributed by atoms with Gasteiger partial charge in [0.2, 0.25) is 0 Å². The Kier molecular flexibility index (Phi) is 4.82. The summed E-state index contributed by atoms with van der Waals surface area (Å²) in [7, 11) is 0. The van der Waals surface area contributed by atoms with Gasteiger partial charge in [-0.15, -0.1) is 0 Å². The molecule has 0 heterocycles. The molecule has 0 spiro atoms. The Hall–Kier alpha value is -0.380. The van der Waals surface area contributed by atoms with Gasteiger partial charge in [-0.3, -0.25) is 0 Å². The Labute approximate surface area is 125 Å². The minimum Gasteiger partial charge on any atom is -0.392 e. The van der Waals surface area contributed by atoms with Gasteiger partial charge in [0.1, 0.15) is 0 Å². The molecule has 0 fully saturated rings. The molecule has 0 aliphatic heterocycles. The van der Waals surface area contributed by atoms with E-state index in [4.69, 9.17) is 34.8 Å². The first-order chi connectivity index (χ1) is 8.61. The lowest BCUT2D eigenvalue weighted by molar-refractivity contribution is 0.279. The quantitative estimate of drug-likeness (QED) is 0.829. The van der Waals surface area contributed by atoms with Crippen LogP contribution >= 0.6 is 46.6 Å². The number of benzene rings is 2. The predicted molar refractivity (Wildman–Crippen MR) is 78.0 cm³/mol. The maximum Gasteiger partial charge on any atom is 0.0707 e. The second kappa shape index (κ2) is 6.18. The van der Waals surface area contributed by atoms with Gasteiger partial charge >= 0.3 is 0 Å². The molecule has 18 heavy (non-hydrogen) atoms. The molecule has 1 nitrogen and oxygen atoms in total. The van der Waals surface area contributed by atoms with Gasteiger partial charge in [-0.1, -0.05) is 52.6 Å². The molecular formula is C13H9Cl3OS. The van der Waals surface area contributed by atoms with Crippen molar-refractivity contribution in [1.82, 2.24) is 0 Å². The number of hydrogen-bond acceptors (Lipinski definition) is 2. The van der Waals surface area contributed by atoms with E-state index in [0.717, 1.165) is 9.79 Å². The molecule has 0 bridgehead atoms. The van der Waals surface area contributed by atoms with Crippen molar-refractivity contribution in [2.24, 2.45) is 0 Å². The fraction of sp³-hybridized carbons (Fsp3) is 0.0769. The van der Waals surface area contributed by atoms with Crippen molar-refractivity contribution in [3.8, 4) is 0 Å². The van der Waals surface area contributed by atoms with Crippen LogP contribution in [0.25, 0.3) is 0 Å². The van der Waals surface area contributed by atoms with Crippen LogP contribution in [0.2, 0.25) is 15.1 Å². The van der Waals surface area contributed by atoms with Crippen molar-refractivity contribution in [2.45, 2.75) is 16.4 Å². The van der Waals surface area contributed by atoms with Crippen molar-refractivity contribution in [3.63, 3.8) is 0 Å². The smallest absolute Gasteiger partial charge is 0.0707 e. The molecule has 0 aliphatic rings. The molecule has 0 aliphatic carbocycles. The van der Waals surface area contributed by atoms with Crippen LogP contribution in [0.15, 0.2) is 46.2 Å². The van der Waals surface area contributed by atoms with E-state index >= 15 is 0 Å². The standard InChI is InChI=1S/C13H9Cl3OS/c14-8-4-5-11(16)13(6-8)18-12-3-1-2-10(15)9(12)7-17/h1-6,17H,7H2. The largest absolute Gasteiger partial charge is 0.392 e. The SMILES string of the molecule is OCc1c(Cl)cccc1Sc1cc(Cl)ccc1Cl. The van der Waals surface area contributed by atoms with E-state index in [0.29, 0.717) is 20.6 Å². The van der Waals surface area contributed by atoms with Crippen LogP contribution in [0, 0.1) is 0 Å². The van der Waals surface area contributed by atoms with Crippen LogP contribution < -0.4 is 0 Å². The molecule has 2 rings (SSSR count). The number of aliphatic hydroxyl groups is 1. The van der Waals surface area contributed by atoms with E-state index in [1.165, 1.54) is 11.8 Å². The Morgan fingerprint density at radius 2 is 1.72 bits per heavy atom. The van der Waals surface area contributed by atoms with E-state index < -0.39 is 0 Å². The minimum atomic E-state index is -0.111. The molecule has 2 aromatic carbocycles. The van der Waals surface area contributed by atoms with Gasteiger partial charge in [-0.05, 0) is 30.3 Å². The van der Waals surface area contributed by atoms with Gasteiger partial charge in [0, 0.05) is 25.4 Å². The summed E-state index contributed by atoms with van der Waals surface area (Å²) in [5.41, 5.74) is 0.695. The molecule has 2 aromatic rings. The van der Waals surface area contributed by atoms with E-state index in [2.05, 4.69) is 0 Å². The van der Waals surface area contributed by atoms with E-state index in [-0.39, 0.29) is 6.61 Å². The highest BCUT2D eigenvalue weighted by Crippen LogP contribution is 2.38. The first-order valence-electron chi connectivity index (χ1n) is 5.13. The highest BCUT2D eigenvalue weighted by molar-refractivity contribution is 7.99. The second-order valence-electron chi connectivity index (χ2n) is 3.55. The average molecular weight is 320 g/mol. The topological polar surface area (TPSA) is 20.2 Å². The molecule has 0 saturated carbocycles. The molecule has 1 N–H and O–H groups in total. The lowest BCUT2D eigenvalue weighted by atomic mass is 10.2. The van der Waals surface area contributed by atoms with Crippen molar-refractivity contribution < 1.29 is 5.11 Å². The third-order valence-corrected chi connectivity index (χ3v) is 4.54. The predicted octanol–water partition coefficient (Wildman–Crippen LogP) is 5.29. The number of hydrogen-bond donors (Lipinski definition) is 1. The molecule has 0 radical (unpaired) electrons. The number of halogens is 3. The van der Waals surface area contributed by atoms with Crippen LogP contribution in [-0.4, -0.2) is 5.11 Å². The van der Waals surface area contributed by atoms with Crippen LogP contribution in [0.4, 0.5) is 0 Å². The summed E-state index contributed by atoms with van der Waals surface area (Å²) >= 11 is 19.5. The zero-order chi connectivity index (χ0) is 13.1. The maximum absolute atomic E-state index is 9.34. The van der Waals surface area contributed by atoms with Gasteiger partial charge in [0.05, 0.1) is 11.6 Å². The van der Waals surface area contributed by atoms with Crippen molar-refractivity contribution in [1.29, 1.82) is 0 Å². The normalized spacial score (nSPS) is 10.7. The van der Waals surface area contributed by atoms with Crippen molar-refractivity contribution >= 4 is 46.6 Å². The first kappa shape index (κ1) is 14.0. The Bertz CT molecular complexity index is 572. The summed E-state index contributed by atoms with van der Waals surface area (Å²) in [6.07, 6.45) is 0. The number of aliphatic hydroxyl groups excluding tert-OH is 1. The van der Waals surface area contributed by atoms with E-state index in [9.17, 15) is 5.11 Å². The molecule has 0 atom stereocenters. The van der Waals surface area contributed by atoms with Gasteiger partial charge in [0.15, 0.2) is 0 Å². The maximum atomic E-state index is 9.34. The summed E-state index contributed by atoms with van der Waals surface area (Å²) in [6.45, 7) is -0.111. The molecule has 0 saturated heterocycles. The van der Waals surface area contributed by atoms with Crippen LogP contribution in [0.1, 0.15) is 5.56 Å². The monoisotopic (exact) mass is 318 g/mol. The summed E-state index contributed by atoms with van der Waals surface area (Å²) in [5, 5.41) is 11.1. The van der Waals surface area contributed by atoms with Crippen LogP contribution in [0.5, 0.6) is 0 Å². The Morgan fingerprint density at radius 3 is 2.44 bits per heavy atom. The highest BCUT2D eigenvalue weighted by Gasteiger charge is 2.10. The third kappa shape index (κ3) is 3.14. The molecule has 0 amide bonds. The molecule has 0 unspecified atom stereocenters. The lowest BCUT2D eigenvalue weighted by Gasteiger charge is -2.10. The average Bonchev–Trinajstić information content (AvgIpc) is 2.34. The van der Waals surface area contributed by atoms with Crippen LogP contribution in [0.3, 0.4) is 0 Å². The summed E-state index contributed by atoms with van der Waals surface area (Å²) in [6, 6.07) is 10.7. The molecule has 5 heteroatoms. The fourth-order valence-electron chi connectivity index (χ4n) is 1.46. The second-order valence-corrected chi connectivity index (χ2v) is 5.89. The van der Waals surface area contributed by atoms with Gasteiger partial charge in [0.25, 0.3) is 0 Å². The molecule has 94 valence electrons. The van der Waals surface area contributed by atoms with Gasteiger partial charge in [-0.2, -0.15) is 0 Å². The zero-order valence-corrected chi connectivity index (χ0v) is 12.2. The third-order valence-electron chi connectivity index (χ3n) is 2.35.